The van der Waals surface area contributed by atoms with E-state index in [0.717, 1.165) is 49.7 Å². The van der Waals surface area contributed by atoms with Gasteiger partial charge in [-0.05, 0) is 85.3 Å². The average molecular weight is 449 g/mol. The molecule has 2 aliphatic rings. The van der Waals surface area contributed by atoms with Crippen LogP contribution in [-0.4, -0.2) is 26.8 Å². The molecule has 2 aromatic carbocycles. The first-order chi connectivity index (χ1) is 14.8. The number of halogens is 2. The van der Waals surface area contributed by atoms with Gasteiger partial charge >= 0.3 is 0 Å². The van der Waals surface area contributed by atoms with Crippen LogP contribution in [0.25, 0.3) is 0 Å². The SMILES string of the molecule is NC1CCc2ccc(CCCNS(=O)(=O)CC3CC3)cc2C1Cc1ccc(F)c(F)c1. The van der Waals surface area contributed by atoms with Gasteiger partial charge in [-0.25, -0.2) is 21.9 Å². The number of fused-ring (bicyclic) bond motifs is 1. The highest BCUT2D eigenvalue weighted by Crippen LogP contribution is 2.35. The number of hydrogen-bond acceptors (Lipinski definition) is 3. The van der Waals surface area contributed by atoms with E-state index in [2.05, 4.69) is 22.9 Å². The number of nitrogens with two attached hydrogens (primary N) is 1. The standard InChI is InChI=1S/C24H30F2N2O2S/c25-22-9-6-18(14-23(22)26)13-21-20-12-16(5-7-19(20)8-10-24(21)27)2-1-11-28-31(29,30)15-17-3-4-17/h5-7,9,12,14,17,21,24,28H,1-4,8,10-11,13,15,27H2. The lowest BCUT2D eigenvalue weighted by atomic mass is 9.76. The number of benzene rings is 2. The Kier molecular flexibility index (Phi) is 6.74. The van der Waals surface area contributed by atoms with Gasteiger partial charge in [0.2, 0.25) is 10.0 Å². The minimum Gasteiger partial charge on any atom is -0.327 e. The van der Waals surface area contributed by atoms with Crippen molar-refractivity contribution in [3.63, 3.8) is 0 Å². The molecule has 7 heteroatoms. The summed E-state index contributed by atoms with van der Waals surface area (Å²) in [6.07, 6.45) is 5.87. The first-order valence-corrected chi connectivity index (χ1v) is 12.7. The molecular weight excluding hydrogens is 418 g/mol. The van der Waals surface area contributed by atoms with E-state index >= 15 is 0 Å². The van der Waals surface area contributed by atoms with Gasteiger partial charge in [0.1, 0.15) is 0 Å². The molecule has 1 saturated carbocycles. The third-order valence-corrected chi connectivity index (χ3v) is 7.98. The van der Waals surface area contributed by atoms with Crippen LogP contribution in [0, 0.1) is 17.6 Å². The molecule has 3 N–H and O–H groups in total. The van der Waals surface area contributed by atoms with Gasteiger partial charge in [-0.3, -0.25) is 0 Å². The van der Waals surface area contributed by atoms with Gasteiger partial charge in [-0.2, -0.15) is 0 Å². The van der Waals surface area contributed by atoms with Crippen molar-refractivity contribution in [2.24, 2.45) is 11.7 Å². The molecular formula is C24H30F2N2O2S. The van der Waals surface area contributed by atoms with E-state index in [-0.39, 0.29) is 17.7 Å². The largest absolute Gasteiger partial charge is 0.327 e. The Hall–Kier alpha value is -1.83. The van der Waals surface area contributed by atoms with Gasteiger partial charge in [0.15, 0.2) is 11.6 Å². The molecule has 2 aliphatic carbocycles. The van der Waals surface area contributed by atoms with Gasteiger partial charge in [0.05, 0.1) is 5.75 Å². The molecule has 4 rings (SSSR count). The number of nitrogens with one attached hydrogen (secondary N) is 1. The minimum absolute atomic E-state index is 0.0369. The van der Waals surface area contributed by atoms with E-state index in [1.165, 1.54) is 23.3 Å². The highest BCUT2D eigenvalue weighted by atomic mass is 32.2. The van der Waals surface area contributed by atoms with Crippen LogP contribution in [0.4, 0.5) is 8.78 Å². The van der Waals surface area contributed by atoms with E-state index in [0.29, 0.717) is 18.9 Å². The fraction of sp³-hybridized carbons (Fsp3) is 0.500. The molecule has 0 amide bonds. The molecule has 0 aliphatic heterocycles. The second kappa shape index (κ2) is 9.35. The van der Waals surface area contributed by atoms with Crippen LogP contribution in [-0.2, 0) is 29.3 Å². The van der Waals surface area contributed by atoms with Crippen molar-refractivity contribution in [3.8, 4) is 0 Å². The van der Waals surface area contributed by atoms with E-state index in [1.807, 2.05) is 0 Å². The van der Waals surface area contributed by atoms with Crippen LogP contribution < -0.4 is 10.5 Å². The number of aryl methyl sites for hydroxylation is 2. The lowest BCUT2D eigenvalue weighted by molar-refractivity contribution is 0.463. The predicted octanol–water partition coefficient (Wildman–Crippen LogP) is 3.83. The molecule has 2 unspecified atom stereocenters. The summed E-state index contributed by atoms with van der Waals surface area (Å²) in [4.78, 5) is 0. The summed E-state index contributed by atoms with van der Waals surface area (Å²) in [5, 5.41) is 0. The van der Waals surface area contributed by atoms with Gasteiger partial charge < -0.3 is 5.73 Å². The van der Waals surface area contributed by atoms with Gasteiger partial charge in [0.25, 0.3) is 0 Å². The summed E-state index contributed by atoms with van der Waals surface area (Å²) in [5.41, 5.74) is 10.7. The highest BCUT2D eigenvalue weighted by molar-refractivity contribution is 7.89. The summed E-state index contributed by atoms with van der Waals surface area (Å²) < 4.78 is 53.7. The Morgan fingerprint density at radius 2 is 1.77 bits per heavy atom. The third kappa shape index (κ3) is 5.90. The number of sulfonamides is 1. The molecule has 1 fully saturated rings. The first-order valence-electron chi connectivity index (χ1n) is 11.1. The van der Waals surface area contributed by atoms with Crippen molar-refractivity contribution < 1.29 is 17.2 Å². The lowest BCUT2D eigenvalue weighted by Crippen LogP contribution is -2.34. The maximum atomic E-state index is 13.7. The van der Waals surface area contributed by atoms with Crippen LogP contribution in [0.5, 0.6) is 0 Å². The van der Waals surface area contributed by atoms with Crippen molar-refractivity contribution in [2.45, 2.75) is 56.9 Å². The second-order valence-electron chi connectivity index (χ2n) is 9.02. The zero-order valence-corrected chi connectivity index (χ0v) is 18.4. The maximum Gasteiger partial charge on any atom is 0.211 e. The maximum absolute atomic E-state index is 13.7. The Morgan fingerprint density at radius 1 is 1.00 bits per heavy atom. The van der Waals surface area contributed by atoms with Crippen molar-refractivity contribution in [3.05, 3.63) is 70.3 Å². The molecule has 4 nitrogen and oxygen atoms in total. The minimum atomic E-state index is -3.17. The quantitative estimate of drug-likeness (QED) is 0.573. The topological polar surface area (TPSA) is 72.2 Å². The Bertz CT molecular complexity index is 1040. The number of hydrogen-bond donors (Lipinski definition) is 2. The van der Waals surface area contributed by atoms with E-state index in [1.54, 1.807) is 6.07 Å². The number of rotatable bonds is 9. The predicted molar refractivity (Wildman–Crippen MR) is 118 cm³/mol. The summed E-state index contributed by atoms with van der Waals surface area (Å²) in [5.74, 6) is -1.04. The zero-order valence-electron chi connectivity index (χ0n) is 17.6. The van der Waals surface area contributed by atoms with Crippen LogP contribution in [0.15, 0.2) is 36.4 Å². The van der Waals surface area contributed by atoms with Crippen molar-refractivity contribution >= 4 is 10.0 Å². The van der Waals surface area contributed by atoms with Gasteiger partial charge in [0, 0.05) is 18.5 Å². The molecule has 0 heterocycles. The highest BCUT2D eigenvalue weighted by Gasteiger charge is 2.28. The van der Waals surface area contributed by atoms with E-state index in [9.17, 15) is 17.2 Å². The molecule has 31 heavy (non-hydrogen) atoms. The van der Waals surface area contributed by atoms with Crippen molar-refractivity contribution in [2.75, 3.05) is 12.3 Å². The summed E-state index contributed by atoms with van der Waals surface area (Å²) in [7, 11) is -3.17. The summed E-state index contributed by atoms with van der Waals surface area (Å²) in [6.45, 7) is 0.434. The fourth-order valence-electron chi connectivity index (χ4n) is 4.48. The summed E-state index contributed by atoms with van der Waals surface area (Å²) in [6, 6.07) is 10.4. The van der Waals surface area contributed by atoms with Gasteiger partial charge in [-0.15, -0.1) is 0 Å². The van der Waals surface area contributed by atoms with Crippen LogP contribution in [0.2, 0.25) is 0 Å². The van der Waals surface area contributed by atoms with Gasteiger partial charge in [-0.1, -0.05) is 24.3 Å². The molecule has 0 bridgehead atoms. The van der Waals surface area contributed by atoms with Crippen LogP contribution >= 0.6 is 0 Å². The molecule has 168 valence electrons. The van der Waals surface area contributed by atoms with Crippen LogP contribution in [0.1, 0.15) is 53.9 Å². The molecule has 0 saturated heterocycles. The first kappa shape index (κ1) is 22.4. The monoisotopic (exact) mass is 448 g/mol. The molecule has 0 radical (unpaired) electrons. The van der Waals surface area contributed by atoms with Crippen LogP contribution in [0.3, 0.4) is 0 Å². The van der Waals surface area contributed by atoms with Crippen molar-refractivity contribution in [1.29, 1.82) is 0 Å². The Morgan fingerprint density at radius 3 is 2.52 bits per heavy atom. The fourth-order valence-corrected chi connectivity index (χ4v) is 6.01. The van der Waals surface area contributed by atoms with Crippen molar-refractivity contribution in [1.82, 2.24) is 4.72 Å². The summed E-state index contributed by atoms with van der Waals surface area (Å²) >= 11 is 0. The smallest absolute Gasteiger partial charge is 0.211 e. The molecule has 0 spiro atoms. The Balaban J connectivity index is 1.41. The van der Waals surface area contributed by atoms with E-state index < -0.39 is 21.7 Å². The zero-order chi connectivity index (χ0) is 22.0. The molecule has 2 atom stereocenters. The molecule has 2 aromatic rings. The Labute approximate surface area is 183 Å². The average Bonchev–Trinajstić information content (AvgIpc) is 3.53. The normalized spacial score (nSPS) is 21.1. The third-order valence-electron chi connectivity index (χ3n) is 6.43. The molecule has 0 aromatic heterocycles. The lowest BCUT2D eigenvalue weighted by Gasteiger charge is -2.32. The second-order valence-corrected chi connectivity index (χ2v) is 10.9. The van der Waals surface area contributed by atoms with E-state index in [4.69, 9.17) is 5.73 Å².